The molecule has 0 spiro atoms. The molecule has 6 nitrogen and oxygen atoms in total. The molecule has 1 amide bonds. The smallest absolute Gasteiger partial charge is 0.234 e. The second-order valence-electron chi connectivity index (χ2n) is 8.26. The number of aromatic nitrogens is 3. The van der Waals surface area contributed by atoms with Crippen LogP contribution in [-0.4, -0.2) is 26.4 Å². The Bertz CT molecular complexity index is 1090. The quantitative estimate of drug-likeness (QED) is 0.425. The van der Waals surface area contributed by atoms with E-state index >= 15 is 0 Å². The van der Waals surface area contributed by atoms with Gasteiger partial charge in [-0.1, -0.05) is 43.8 Å². The molecule has 0 unspecified atom stereocenters. The molecular weight excluding hydrogens is 420 g/mol. The molecule has 1 N–H and O–H groups in total. The van der Waals surface area contributed by atoms with Crippen molar-refractivity contribution < 1.29 is 9.53 Å². The Kier molecular flexibility index (Phi) is 7.96. The number of anilines is 1. The lowest BCUT2D eigenvalue weighted by molar-refractivity contribution is -0.113. The maximum Gasteiger partial charge on any atom is 0.234 e. The first-order valence-corrected chi connectivity index (χ1v) is 11.9. The summed E-state index contributed by atoms with van der Waals surface area (Å²) in [6.45, 7) is 13.5. The number of carbonyl (C=O) groups excluding carboxylic acids is 1. The first-order valence-electron chi connectivity index (χ1n) is 10.9. The van der Waals surface area contributed by atoms with Crippen LogP contribution in [0.25, 0.3) is 0 Å². The van der Waals surface area contributed by atoms with Gasteiger partial charge in [-0.2, -0.15) is 0 Å². The first-order chi connectivity index (χ1) is 15.3. The molecule has 1 aromatic heterocycles. The van der Waals surface area contributed by atoms with Gasteiger partial charge < -0.3 is 14.6 Å². The number of nitrogens with one attached hydrogen (secondary N) is 1. The third-order valence-corrected chi connectivity index (χ3v) is 6.35. The first kappa shape index (κ1) is 23.9. The van der Waals surface area contributed by atoms with Crippen LogP contribution in [0.1, 0.15) is 54.8 Å². The average Bonchev–Trinajstić information content (AvgIpc) is 3.15. The molecule has 0 aliphatic heterocycles. The van der Waals surface area contributed by atoms with Crippen molar-refractivity contribution in [2.45, 2.75) is 65.8 Å². The molecule has 32 heavy (non-hydrogen) atoms. The van der Waals surface area contributed by atoms with E-state index in [9.17, 15) is 4.79 Å². The number of ether oxygens (including phenoxy) is 1. The van der Waals surface area contributed by atoms with Crippen LogP contribution in [0.5, 0.6) is 5.75 Å². The van der Waals surface area contributed by atoms with Crippen molar-refractivity contribution in [1.29, 1.82) is 0 Å². The van der Waals surface area contributed by atoms with Crippen molar-refractivity contribution >= 4 is 23.4 Å². The Morgan fingerprint density at radius 2 is 1.88 bits per heavy atom. The Morgan fingerprint density at radius 3 is 2.56 bits per heavy atom. The van der Waals surface area contributed by atoms with E-state index in [0.717, 1.165) is 33.5 Å². The van der Waals surface area contributed by atoms with Crippen molar-refractivity contribution in [1.82, 2.24) is 14.8 Å². The van der Waals surface area contributed by atoms with E-state index in [-0.39, 0.29) is 11.7 Å². The zero-order valence-corrected chi connectivity index (χ0v) is 20.5. The van der Waals surface area contributed by atoms with Crippen LogP contribution in [0.2, 0.25) is 0 Å². The zero-order valence-electron chi connectivity index (χ0n) is 19.7. The minimum atomic E-state index is -0.0666. The highest BCUT2D eigenvalue weighted by Gasteiger charge is 2.15. The van der Waals surface area contributed by atoms with Crippen molar-refractivity contribution in [2.75, 3.05) is 11.1 Å². The highest BCUT2D eigenvalue weighted by Crippen LogP contribution is 2.28. The van der Waals surface area contributed by atoms with Gasteiger partial charge in [0.15, 0.2) is 11.0 Å². The minimum Gasteiger partial charge on any atom is -0.485 e. The van der Waals surface area contributed by atoms with E-state index in [0.29, 0.717) is 19.1 Å². The SMILES string of the molecule is CCn1c(COc2cc(C)ccc2C(C)C)nnc1SCC(=O)Nc1ccc(C)c(C)c1. The fourth-order valence-electron chi connectivity index (χ4n) is 3.38. The van der Waals surface area contributed by atoms with Gasteiger partial charge in [0.25, 0.3) is 0 Å². The molecule has 0 bridgehead atoms. The normalized spacial score (nSPS) is 11.1. The highest BCUT2D eigenvalue weighted by molar-refractivity contribution is 7.99. The summed E-state index contributed by atoms with van der Waals surface area (Å²) < 4.78 is 8.13. The van der Waals surface area contributed by atoms with Gasteiger partial charge in [-0.05, 0) is 74.1 Å². The summed E-state index contributed by atoms with van der Waals surface area (Å²) in [6.07, 6.45) is 0. The molecule has 0 aliphatic rings. The van der Waals surface area contributed by atoms with E-state index < -0.39 is 0 Å². The summed E-state index contributed by atoms with van der Waals surface area (Å²) in [7, 11) is 0. The molecule has 7 heteroatoms. The fourth-order valence-corrected chi connectivity index (χ4v) is 4.20. The van der Waals surface area contributed by atoms with Crippen LogP contribution in [0.15, 0.2) is 41.6 Å². The number of nitrogens with zero attached hydrogens (tertiary/aromatic N) is 3. The number of benzene rings is 2. The third kappa shape index (κ3) is 5.91. The molecule has 0 atom stereocenters. The Balaban J connectivity index is 1.63. The Morgan fingerprint density at radius 1 is 1.09 bits per heavy atom. The number of rotatable bonds is 9. The van der Waals surface area contributed by atoms with Gasteiger partial charge in [0.05, 0.1) is 5.75 Å². The summed E-state index contributed by atoms with van der Waals surface area (Å²) in [5.41, 5.74) is 5.50. The van der Waals surface area contributed by atoms with Crippen LogP contribution in [-0.2, 0) is 17.9 Å². The number of hydrogen-bond donors (Lipinski definition) is 1. The van der Waals surface area contributed by atoms with Gasteiger partial charge in [-0.15, -0.1) is 10.2 Å². The molecule has 0 aliphatic carbocycles. The standard InChI is InChI=1S/C25H32N4O2S/c1-7-29-23(14-31-22-12-17(4)8-11-21(22)16(2)3)27-28-25(29)32-15-24(30)26-20-10-9-18(5)19(6)13-20/h8-13,16H,7,14-15H2,1-6H3,(H,26,30). The molecule has 3 aromatic rings. The summed E-state index contributed by atoms with van der Waals surface area (Å²) in [5.74, 6) is 2.20. The van der Waals surface area contributed by atoms with Gasteiger partial charge in [0.2, 0.25) is 5.91 Å². The van der Waals surface area contributed by atoms with Gasteiger partial charge in [0, 0.05) is 12.2 Å². The van der Waals surface area contributed by atoms with Crippen molar-refractivity contribution in [3.63, 3.8) is 0 Å². The molecule has 3 rings (SSSR count). The molecule has 0 saturated carbocycles. The summed E-state index contributed by atoms with van der Waals surface area (Å²) >= 11 is 1.38. The summed E-state index contributed by atoms with van der Waals surface area (Å²) in [4.78, 5) is 12.4. The van der Waals surface area contributed by atoms with Crippen molar-refractivity contribution in [3.05, 3.63) is 64.5 Å². The molecule has 0 saturated heterocycles. The Labute approximate surface area is 194 Å². The van der Waals surface area contributed by atoms with Crippen molar-refractivity contribution in [2.24, 2.45) is 0 Å². The fraction of sp³-hybridized carbons (Fsp3) is 0.400. The monoisotopic (exact) mass is 452 g/mol. The lowest BCUT2D eigenvalue weighted by Gasteiger charge is -2.15. The highest BCUT2D eigenvalue weighted by atomic mass is 32.2. The second kappa shape index (κ2) is 10.7. The maximum absolute atomic E-state index is 12.4. The predicted molar refractivity (Wildman–Crippen MR) is 131 cm³/mol. The number of carbonyl (C=O) groups is 1. The van der Waals surface area contributed by atoms with Gasteiger partial charge >= 0.3 is 0 Å². The van der Waals surface area contributed by atoms with E-state index in [1.54, 1.807) is 0 Å². The molecule has 170 valence electrons. The van der Waals surface area contributed by atoms with E-state index in [2.05, 4.69) is 61.4 Å². The van der Waals surface area contributed by atoms with Crippen LogP contribution in [0.3, 0.4) is 0 Å². The minimum absolute atomic E-state index is 0.0666. The second-order valence-corrected chi connectivity index (χ2v) is 9.21. The van der Waals surface area contributed by atoms with E-state index in [1.165, 1.54) is 22.9 Å². The predicted octanol–water partition coefficient (Wildman–Crippen LogP) is 5.66. The molecule has 0 fully saturated rings. The lowest BCUT2D eigenvalue weighted by atomic mass is 10.0. The summed E-state index contributed by atoms with van der Waals surface area (Å²) in [5, 5.41) is 12.3. The molecule has 1 heterocycles. The van der Waals surface area contributed by atoms with Crippen LogP contribution < -0.4 is 10.1 Å². The maximum atomic E-state index is 12.4. The number of amides is 1. The van der Waals surface area contributed by atoms with Crippen LogP contribution >= 0.6 is 11.8 Å². The summed E-state index contributed by atoms with van der Waals surface area (Å²) in [6, 6.07) is 12.2. The van der Waals surface area contributed by atoms with Gasteiger partial charge in [0.1, 0.15) is 12.4 Å². The van der Waals surface area contributed by atoms with Gasteiger partial charge in [-0.3, -0.25) is 4.79 Å². The van der Waals surface area contributed by atoms with Gasteiger partial charge in [-0.25, -0.2) is 0 Å². The van der Waals surface area contributed by atoms with E-state index in [4.69, 9.17) is 4.74 Å². The number of aryl methyl sites for hydroxylation is 3. The number of thioether (sulfide) groups is 1. The topological polar surface area (TPSA) is 69.0 Å². The van der Waals surface area contributed by atoms with Crippen molar-refractivity contribution in [3.8, 4) is 5.75 Å². The number of hydrogen-bond acceptors (Lipinski definition) is 5. The lowest BCUT2D eigenvalue weighted by Crippen LogP contribution is -2.15. The Hall–Kier alpha value is -2.80. The van der Waals surface area contributed by atoms with E-state index in [1.807, 2.05) is 36.6 Å². The van der Waals surface area contributed by atoms with Crippen LogP contribution in [0, 0.1) is 20.8 Å². The molecule has 0 radical (unpaired) electrons. The molecule has 2 aromatic carbocycles. The molecular formula is C25H32N4O2S. The average molecular weight is 453 g/mol. The largest absolute Gasteiger partial charge is 0.485 e. The third-order valence-electron chi connectivity index (χ3n) is 5.38. The van der Waals surface area contributed by atoms with Crippen LogP contribution in [0.4, 0.5) is 5.69 Å². The zero-order chi connectivity index (χ0) is 23.3.